The maximum absolute atomic E-state index is 2.58. The quantitative estimate of drug-likeness (QED) is 0.495. The van der Waals surface area contributed by atoms with Crippen molar-refractivity contribution >= 4 is 0 Å². The third-order valence-corrected chi connectivity index (χ3v) is 3.32. The van der Waals surface area contributed by atoms with Crippen molar-refractivity contribution in [3.05, 3.63) is 0 Å². The largest absolute Gasteiger partial charge is 0.301 e. The number of hydrogen-bond acceptors (Lipinski definition) is 1. The maximum atomic E-state index is 2.58. The molecule has 2 fully saturated rings. The molecule has 10 heavy (non-hydrogen) atoms. The summed E-state index contributed by atoms with van der Waals surface area (Å²) in [6, 6.07) is 0. The second-order valence-corrected chi connectivity index (χ2v) is 4.24. The van der Waals surface area contributed by atoms with Gasteiger partial charge in [-0.2, -0.15) is 0 Å². The molecule has 0 radical (unpaired) electrons. The minimum atomic E-state index is 0.692. The van der Waals surface area contributed by atoms with E-state index >= 15 is 0 Å². The fourth-order valence-electron chi connectivity index (χ4n) is 2.29. The number of piperidine rings is 1. The number of nitrogens with zero attached hydrogens (tertiary/aromatic N) is 1. The van der Waals surface area contributed by atoms with Crippen LogP contribution in [0.25, 0.3) is 0 Å². The van der Waals surface area contributed by atoms with Gasteiger partial charge in [-0.25, -0.2) is 0 Å². The molecule has 0 aromatic heterocycles. The fraction of sp³-hybridized carbons (Fsp3) is 1.00. The van der Waals surface area contributed by atoms with Gasteiger partial charge in [0.1, 0.15) is 0 Å². The zero-order valence-electron chi connectivity index (χ0n) is 7.06. The van der Waals surface area contributed by atoms with E-state index < -0.39 is 0 Å². The minimum absolute atomic E-state index is 0.692. The zero-order valence-corrected chi connectivity index (χ0v) is 7.06. The summed E-state index contributed by atoms with van der Waals surface area (Å²) in [6.07, 6.45) is 5.81. The van der Waals surface area contributed by atoms with E-state index in [1.165, 1.54) is 32.2 Å². The zero-order chi connectivity index (χ0) is 7.19. The molecule has 58 valence electrons. The molecule has 0 N–H and O–H groups in total. The molecule has 0 amide bonds. The molecule has 0 aromatic carbocycles. The molecule has 1 nitrogen and oxygen atoms in total. The molecule has 0 aromatic rings. The Hall–Kier alpha value is -0.0400. The fourth-order valence-corrected chi connectivity index (χ4v) is 2.29. The van der Waals surface area contributed by atoms with E-state index in [4.69, 9.17) is 0 Å². The highest BCUT2D eigenvalue weighted by molar-refractivity contribution is 5.05. The second kappa shape index (κ2) is 1.97. The van der Waals surface area contributed by atoms with Crippen LogP contribution in [0.4, 0.5) is 0 Å². The van der Waals surface area contributed by atoms with Gasteiger partial charge in [-0.1, -0.05) is 6.92 Å². The molecule has 2 rings (SSSR count). The van der Waals surface area contributed by atoms with Gasteiger partial charge in [-0.15, -0.1) is 0 Å². The Labute approximate surface area is 63.4 Å². The first-order valence-corrected chi connectivity index (χ1v) is 4.44. The highest BCUT2D eigenvalue weighted by Gasteiger charge is 2.48. The monoisotopic (exact) mass is 139 g/mol. The smallest absolute Gasteiger partial charge is 0.0210 e. The van der Waals surface area contributed by atoms with Crippen molar-refractivity contribution in [1.82, 2.24) is 4.90 Å². The van der Waals surface area contributed by atoms with Crippen molar-refractivity contribution in [3.63, 3.8) is 0 Å². The lowest BCUT2D eigenvalue weighted by Gasteiger charge is -2.36. The summed E-state index contributed by atoms with van der Waals surface area (Å²) in [4.78, 5) is 2.58. The van der Waals surface area contributed by atoms with Gasteiger partial charge < -0.3 is 4.90 Å². The Morgan fingerprint density at radius 2 is 2.10 bits per heavy atom. The van der Waals surface area contributed by atoms with E-state index in [-0.39, 0.29) is 0 Å². The lowest BCUT2D eigenvalue weighted by molar-refractivity contribution is 0.130. The average Bonchev–Trinajstić information content (AvgIpc) is 2.62. The van der Waals surface area contributed by atoms with Crippen molar-refractivity contribution in [2.75, 3.05) is 13.6 Å². The van der Waals surface area contributed by atoms with Crippen LogP contribution in [-0.4, -0.2) is 24.0 Å². The summed E-state index contributed by atoms with van der Waals surface area (Å²) in [5, 5.41) is 0. The normalized spacial score (nSPS) is 38.4. The summed E-state index contributed by atoms with van der Waals surface area (Å²) in [6.45, 7) is 3.73. The Kier molecular flexibility index (Phi) is 1.31. The van der Waals surface area contributed by atoms with Gasteiger partial charge in [-0.05, 0) is 45.2 Å². The molecule has 1 aliphatic heterocycles. The summed E-state index contributed by atoms with van der Waals surface area (Å²) in [5.74, 6) is 0.985. The Morgan fingerprint density at radius 3 is 2.60 bits per heavy atom. The molecular formula is C9H17N. The predicted molar refractivity (Wildman–Crippen MR) is 43.0 cm³/mol. The van der Waals surface area contributed by atoms with Crippen molar-refractivity contribution in [2.45, 2.75) is 38.1 Å². The Morgan fingerprint density at radius 1 is 1.40 bits per heavy atom. The van der Waals surface area contributed by atoms with E-state index in [9.17, 15) is 0 Å². The first-order chi connectivity index (χ1) is 4.73. The Balaban J connectivity index is 2.03. The van der Waals surface area contributed by atoms with Crippen LogP contribution in [0.1, 0.15) is 32.6 Å². The molecule has 0 bridgehead atoms. The van der Waals surface area contributed by atoms with E-state index in [1.807, 2.05) is 0 Å². The molecule has 1 unspecified atom stereocenters. The Bertz CT molecular complexity index is 138. The molecule has 1 aliphatic carbocycles. The lowest BCUT2D eigenvalue weighted by Crippen LogP contribution is -2.40. The van der Waals surface area contributed by atoms with Crippen molar-refractivity contribution in [1.29, 1.82) is 0 Å². The SMILES string of the molecule is CC1CCN(C)C2(CC2)C1. The number of rotatable bonds is 0. The summed E-state index contributed by atoms with van der Waals surface area (Å²) in [5.41, 5.74) is 0.692. The van der Waals surface area contributed by atoms with Crippen LogP contribution in [0.15, 0.2) is 0 Å². The van der Waals surface area contributed by atoms with Gasteiger partial charge >= 0.3 is 0 Å². The van der Waals surface area contributed by atoms with E-state index in [1.54, 1.807) is 0 Å². The highest BCUT2D eigenvalue weighted by atomic mass is 15.2. The molecule has 2 aliphatic rings. The molecule has 1 atom stereocenters. The summed E-state index contributed by atoms with van der Waals surface area (Å²) >= 11 is 0. The predicted octanol–water partition coefficient (Wildman–Crippen LogP) is 1.88. The molecule has 1 spiro atoms. The van der Waals surface area contributed by atoms with E-state index in [2.05, 4.69) is 18.9 Å². The lowest BCUT2D eigenvalue weighted by atomic mass is 9.91. The minimum Gasteiger partial charge on any atom is -0.301 e. The maximum Gasteiger partial charge on any atom is 0.0210 e. The van der Waals surface area contributed by atoms with Crippen molar-refractivity contribution in [3.8, 4) is 0 Å². The van der Waals surface area contributed by atoms with E-state index in [0.29, 0.717) is 5.54 Å². The van der Waals surface area contributed by atoms with Gasteiger partial charge in [0.05, 0.1) is 0 Å². The van der Waals surface area contributed by atoms with Crippen LogP contribution in [0.5, 0.6) is 0 Å². The first-order valence-electron chi connectivity index (χ1n) is 4.44. The second-order valence-electron chi connectivity index (χ2n) is 4.24. The van der Waals surface area contributed by atoms with Crippen molar-refractivity contribution < 1.29 is 0 Å². The van der Waals surface area contributed by atoms with Gasteiger partial charge in [0, 0.05) is 5.54 Å². The van der Waals surface area contributed by atoms with Gasteiger partial charge in [0.2, 0.25) is 0 Å². The molecule has 1 heterocycles. The molecule has 1 saturated carbocycles. The third kappa shape index (κ3) is 0.878. The third-order valence-electron chi connectivity index (χ3n) is 3.32. The number of hydrogen-bond donors (Lipinski definition) is 0. The molecule has 1 heteroatoms. The van der Waals surface area contributed by atoms with Crippen LogP contribution >= 0.6 is 0 Å². The summed E-state index contributed by atoms with van der Waals surface area (Å²) in [7, 11) is 2.29. The van der Waals surface area contributed by atoms with Crippen LogP contribution in [0.2, 0.25) is 0 Å². The highest BCUT2D eigenvalue weighted by Crippen LogP contribution is 2.48. The van der Waals surface area contributed by atoms with Crippen LogP contribution in [0, 0.1) is 5.92 Å². The number of likely N-dealkylation sites (tertiary alicyclic amines) is 1. The van der Waals surface area contributed by atoms with Crippen LogP contribution in [0.3, 0.4) is 0 Å². The topological polar surface area (TPSA) is 3.24 Å². The summed E-state index contributed by atoms with van der Waals surface area (Å²) < 4.78 is 0. The first kappa shape index (κ1) is 6.66. The van der Waals surface area contributed by atoms with E-state index in [0.717, 1.165) is 5.92 Å². The van der Waals surface area contributed by atoms with Crippen LogP contribution in [-0.2, 0) is 0 Å². The molecule has 1 saturated heterocycles. The van der Waals surface area contributed by atoms with Gasteiger partial charge in [0.25, 0.3) is 0 Å². The average molecular weight is 139 g/mol. The van der Waals surface area contributed by atoms with Gasteiger partial charge in [-0.3, -0.25) is 0 Å². The van der Waals surface area contributed by atoms with Gasteiger partial charge in [0.15, 0.2) is 0 Å². The van der Waals surface area contributed by atoms with Crippen LogP contribution < -0.4 is 0 Å². The van der Waals surface area contributed by atoms with Crippen molar-refractivity contribution in [2.24, 2.45) is 5.92 Å². The standard InChI is InChI=1S/C9H17N/c1-8-3-6-10(2)9(7-8)4-5-9/h8H,3-7H2,1-2H3. The molecular weight excluding hydrogens is 122 g/mol.